The topological polar surface area (TPSA) is 78.4 Å². The molecule has 0 aliphatic heterocycles. The molecular formula is C15H20N2O3S. The highest BCUT2D eigenvalue weighted by Gasteiger charge is 2.30. The van der Waals surface area contributed by atoms with Gasteiger partial charge in [-0.05, 0) is 37.8 Å². The van der Waals surface area contributed by atoms with Crippen molar-refractivity contribution in [3.8, 4) is 0 Å². The first-order valence-corrected chi connectivity index (χ1v) is 8.31. The smallest absolute Gasteiger partial charge is 0.261 e. The summed E-state index contributed by atoms with van der Waals surface area (Å²) in [6.45, 7) is 0.123. The van der Waals surface area contributed by atoms with Crippen LogP contribution >= 0.6 is 11.3 Å². The lowest BCUT2D eigenvalue weighted by molar-refractivity contribution is -0.117. The molecule has 6 heteroatoms. The Morgan fingerprint density at radius 1 is 1.24 bits per heavy atom. The summed E-state index contributed by atoms with van der Waals surface area (Å²) in [5.41, 5.74) is 0. The van der Waals surface area contributed by atoms with Crippen molar-refractivity contribution in [2.24, 2.45) is 11.8 Å². The van der Waals surface area contributed by atoms with Crippen LogP contribution in [0.3, 0.4) is 0 Å². The van der Waals surface area contributed by atoms with Gasteiger partial charge in [-0.2, -0.15) is 0 Å². The minimum Gasteiger partial charge on any atom is -0.396 e. The Morgan fingerprint density at radius 2 is 2.05 bits per heavy atom. The molecule has 0 bridgehead atoms. The van der Waals surface area contributed by atoms with Crippen LogP contribution < -0.4 is 10.6 Å². The Hall–Kier alpha value is -1.40. The van der Waals surface area contributed by atoms with Crippen molar-refractivity contribution in [3.63, 3.8) is 0 Å². The van der Waals surface area contributed by atoms with Crippen LogP contribution in [-0.4, -0.2) is 29.6 Å². The van der Waals surface area contributed by atoms with Crippen LogP contribution in [-0.2, 0) is 4.79 Å². The molecule has 0 spiro atoms. The zero-order valence-corrected chi connectivity index (χ0v) is 12.6. The van der Waals surface area contributed by atoms with Crippen LogP contribution in [0.4, 0.5) is 5.00 Å². The number of hydrogen-bond acceptors (Lipinski definition) is 4. The molecule has 0 radical (unpaired) electrons. The van der Waals surface area contributed by atoms with Crippen LogP contribution in [0.15, 0.2) is 12.1 Å². The molecule has 1 heterocycles. The van der Waals surface area contributed by atoms with Gasteiger partial charge in [0.2, 0.25) is 5.91 Å². The van der Waals surface area contributed by atoms with E-state index in [1.807, 2.05) is 0 Å². The van der Waals surface area contributed by atoms with Crippen LogP contribution in [0.2, 0.25) is 0 Å². The number of amides is 2. The Morgan fingerprint density at radius 3 is 2.76 bits per heavy atom. The number of rotatable bonds is 5. The maximum absolute atomic E-state index is 12.2. The number of carbonyl (C=O) groups excluding carboxylic acids is 2. The molecule has 114 valence electrons. The fourth-order valence-electron chi connectivity index (χ4n) is 2.78. The monoisotopic (exact) mass is 308 g/mol. The van der Waals surface area contributed by atoms with Gasteiger partial charge in [-0.15, -0.1) is 11.3 Å². The van der Waals surface area contributed by atoms with E-state index in [1.54, 1.807) is 12.1 Å². The van der Waals surface area contributed by atoms with Gasteiger partial charge in [-0.1, -0.05) is 6.42 Å². The highest BCUT2D eigenvalue weighted by Crippen LogP contribution is 2.32. The summed E-state index contributed by atoms with van der Waals surface area (Å²) in [6.07, 6.45) is 4.87. The van der Waals surface area contributed by atoms with E-state index < -0.39 is 0 Å². The van der Waals surface area contributed by atoms with Crippen molar-refractivity contribution >= 4 is 28.2 Å². The fourth-order valence-corrected chi connectivity index (χ4v) is 3.59. The van der Waals surface area contributed by atoms with Crippen LogP contribution in [0.25, 0.3) is 0 Å². The van der Waals surface area contributed by atoms with E-state index >= 15 is 0 Å². The Labute approximate surface area is 127 Å². The Balaban J connectivity index is 1.57. The minimum atomic E-state index is -0.114. The Bertz CT molecular complexity index is 539. The van der Waals surface area contributed by atoms with Crippen LogP contribution in [0.1, 0.15) is 41.8 Å². The first kappa shape index (κ1) is 14.5. The second-order valence-electron chi connectivity index (χ2n) is 5.88. The number of carbonyl (C=O) groups is 2. The van der Waals surface area contributed by atoms with E-state index in [0.29, 0.717) is 4.88 Å². The van der Waals surface area contributed by atoms with Gasteiger partial charge in [0, 0.05) is 24.5 Å². The maximum Gasteiger partial charge on any atom is 0.261 e. The minimum absolute atomic E-state index is 0.0555. The SMILES string of the molecule is O=C(NC1CCCC1CO)c1ccc(NC(=O)C2CC2)s1. The van der Waals surface area contributed by atoms with Crippen molar-refractivity contribution in [3.05, 3.63) is 17.0 Å². The standard InChI is InChI=1S/C15H20N2O3S/c18-8-10-2-1-3-11(10)16-15(20)12-6-7-13(21-12)17-14(19)9-4-5-9/h6-7,9-11,18H,1-5,8H2,(H,16,20)(H,17,19). The molecular weight excluding hydrogens is 288 g/mol. The molecule has 5 nitrogen and oxygen atoms in total. The fraction of sp³-hybridized carbons (Fsp3) is 0.600. The average molecular weight is 308 g/mol. The van der Waals surface area contributed by atoms with Gasteiger partial charge >= 0.3 is 0 Å². The van der Waals surface area contributed by atoms with Gasteiger partial charge in [0.25, 0.3) is 5.91 Å². The van der Waals surface area contributed by atoms with Gasteiger partial charge < -0.3 is 15.7 Å². The predicted molar refractivity (Wildman–Crippen MR) is 81.4 cm³/mol. The summed E-state index contributed by atoms with van der Waals surface area (Å²) in [5, 5.41) is 15.9. The largest absolute Gasteiger partial charge is 0.396 e. The average Bonchev–Trinajstić information content (AvgIpc) is 3.07. The molecule has 0 aromatic carbocycles. The van der Waals surface area contributed by atoms with Gasteiger partial charge in [0.1, 0.15) is 0 Å². The molecule has 0 saturated heterocycles. The lowest BCUT2D eigenvalue weighted by Gasteiger charge is -2.18. The molecule has 1 aromatic heterocycles. The molecule has 2 atom stereocenters. The van der Waals surface area contributed by atoms with E-state index in [0.717, 1.165) is 37.1 Å². The molecule has 2 amide bonds. The lowest BCUT2D eigenvalue weighted by Crippen LogP contribution is -2.38. The lowest BCUT2D eigenvalue weighted by atomic mass is 10.1. The van der Waals surface area contributed by atoms with Gasteiger partial charge in [-0.25, -0.2) is 0 Å². The zero-order chi connectivity index (χ0) is 14.8. The summed E-state index contributed by atoms with van der Waals surface area (Å²) in [5.74, 6) is 0.272. The maximum atomic E-state index is 12.2. The molecule has 2 saturated carbocycles. The summed E-state index contributed by atoms with van der Waals surface area (Å²) in [4.78, 5) is 24.5. The number of nitrogens with one attached hydrogen (secondary N) is 2. The summed E-state index contributed by atoms with van der Waals surface area (Å²) in [6, 6.07) is 3.58. The third-order valence-electron chi connectivity index (χ3n) is 4.23. The van der Waals surface area contributed by atoms with E-state index in [4.69, 9.17) is 0 Å². The van der Waals surface area contributed by atoms with Crippen LogP contribution in [0, 0.1) is 11.8 Å². The number of anilines is 1. The third-order valence-corrected chi connectivity index (χ3v) is 5.23. The van der Waals surface area contributed by atoms with E-state index in [-0.39, 0.29) is 36.3 Å². The zero-order valence-electron chi connectivity index (χ0n) is 11.8. The molecule has 2 aliphatic rings. The summed E-state index contributed by atoms with van der Waals surface area (Å²) in [7, 11) is 0. The second-order valence-corrected chi connectivity index (χ2v) is 6.96. The number of aliphatic hydroxyl groups excluding tert-OH is 1. The van der Waals surface area contributed by atoms with E-state index in [1.165, 1.54) is 11.3 Å². The summed E-state index contributed by atoms with van der Waals surface area (Å²) >= 11 is 1.30. The van der Waals surface area contributed by atoms with Gasteiger partial charge in [0.15, 0.2) is 0 Å². The Kier molecular flexibility index (Phi) is 4.26. The highest BCUT2D eigenvalue weighted by molar-refractivity contribution is 7.18. The molecule has 21 heavy (non-hydrogen) atoms. The molecule has 1 aromatic rings. The van der Waals surface area contributed by atoms with Crippen LogP contribution in [0.5, 0.6) is 0 Å². The predicted octanol–water partition coefficient (Wildman–Crippen LogP) is 1.99. The number of aliphatic hydroxyl groups is 1. The second kappa shape index (κ2) is 6.15. The van der Waals surface area contributed by atoms with E-state index in [2.05, 4.69) is 10.6 Å². The number of hydrogen-bond donors (Lipinski definition) is 3. The van der Waals surface area contributed by atoms with E-state index in [9.17, 15) is 14.7 Å². The summed E-state index contributed by atoms with van der Waals surface area (Å²) < 4.78 is 0. The third kappa shape index (κ3) is 3.44. The first-order chi connectivity index (χ1) is 10.2. The molecule has 2 fully saturated rings. The molecule has 3 rings (SSSR count). The molecule has 2 unspecified atom stereocenters. The van der Waals surface area contributed by atoms with Crippen molar-refractivity contribution in [1.82, 2.24) is 5.32 Å². The van der Waals surface area contributed by atoms with Gasteiger partial charge in [0.05, 0.1) is 9.88 Å². The highest BCUT2D eigenvalue weighted by atomic mass is 32.1. The first-order valence-electron chi connectivity index (χ1n) is 7.50. The quantitative estimate of drug-likeness (QED) is 0.778. The normalized spacial score (nSPS) is 24.8. The van der Waals surface area contributed by atoms with Gasteiger partial charge in [-0.3, -0.25) is 9.59 Å². The van der Waals surface area contributed by atoms with Crippen molar-refractivity contribution in [1.29, 1.82) is 0 Å². The molecule has 3 N–H and O–H groups in total. The van der Waals surface area contributed by atoms with Crippen molar-refractivity contribution in [2.75, 3.05) is 11.9 Å². The van der Waals surface area contributed by atoms with Crippen molar-refractivity contribution < 1.29 is 14.7 Å². The van der Waals surface area contributed by atoms with Crippen molar-refractivity contribution in [2.45, 2.75) is 38.1 Å². The molecule has 2 aliphatic carbocycles. The number of thiophene rings is 1.